The Morgan fingerprint density at radius 1 is 0.812 bits per heavy atom. The Kier molecular flexibility index (Phi) is 2.88. The molecule has 0 radical (unpaired) electrons. The maximum Gasteiger partial charge on any atom is 0.311 e. The average molecular weight is 224 g/mol. The van der Waals surface area contributed by atoms with Crippen LogP contribution in [0.5, 0.6) is 0 Å². The van der Waals surface area contributed by atoms with Crippen LogP contribution in [0.25, 0.3) is 0 Å². The highest BCUT2D eigenvalue weighted by Crippen LogP contribution is 2.36. The van der Waals surface area contributed by atoms with Gasteiger partial charge in [0.25, 0.3) is 0 Å². The van der Waals surface area contributed by atoms with E-state index in [1.54, 1.807) is 0 Å². The monoisotopic (exact) mass is 224 g/mol. The molecule has 0 aromatic carbocycles. The molecule has 2 saturated carbocycles. The van der Waals surface area contributed by atoms with Gasteiger partial charge in [-0.1, -0.05) is 19.3 Å². The van der Waals surface area contributed by atoms with Crippen LogP contribution < -0.4 is 0 Å². The van der Waals surface area contributed by atoms with Gasteiger partial charge in [-0.25, -0.2) is 0 Å². The minimum atomic E-state index is 0.0131. The highest BCUT2D eigenvalue weighted by Gasteiger charge is 2.42. The fourth-order valence-corrected chi connectivity index (χ4v) is 3.34. The molecule has 0 spiro atoms. The van der Waals surface area contributed by atoms with Crippen molar-refractivity contribution in [2.45, 2.75) is 69.7 Å². The van der Waals surface area contributed by atoms with Crippen LogP contribution in [0, 0.1) is 5.92 Å². The van der Waals surface area contributed by atoms with Crippen LogP contribution in [-0.4, -0.2) is 24.3 Å². The SMILES string of the molecule is O=C1OC2CCCCC2OC2CCCCC12. The lowest BCUT2D eigenvalue weighted by molar-refractivity contribution is -0.155. The van der Waals surface area contributed by atoms with E-state index in [1.807, 2.05) is 0 Å². The van der Waals surface area contributed by atoms with Crippen molar-refractivity contribution in [2.24, 2.45) is 5.92 Å². The zero-order valence-electron chi connectivity index (χ0n) is 9.69. The molecule has 0 aromatic heterocycles. The van der Waals surface area contributed by atoms with Gasteiger partial charge in [0.1, 0.15) is 6.10 Å². The molecule has 1 saturated heterocycles. The first-order valence-electron chi connectivity index (χ1n) is 6.70. The number of fused-ring (bicyclic) bond motifs is 2. The number of carbonyl (C=O) groups is 1. The summed E-state index contributed by atoms with van der Waals surface area (Å²) in [7, 11) is 0. The number of esters is 1. The lowest BCUT2D eigenvalue weighted by Crippen LogP contribution is -2.35. The summed E-state index contributed by atoms with van der Waals surface area (Å²) in [6, 6.07) is 0. The second-order valence-corrected chi connectivity index (χ2v) is 5.36. The summed E-state index contributed by atoms with van der Waals surface area (Å²) in [5.41, 5.74) is 0. The van der Waals surface area contributed by atoms with Crippen molar-refractivity contribution in [2.75, 3.05) is 0 Å². The zero-order valence-corrected chi connectivity index (χ0v) is 9.69. The lowest BCUT2D eigenvalue weighted by Gasteiger charge is -2.31. The molecule has 1 aliphatic heterocycles. The second kappa shape index (κ2) is 4.36. The molecule has 3 heteroatoms. The van der Waals surface area contributed by atoms with E-state index >= 15 is 0 Å². The van der Waals surface area contributed by atoms with Crippen molar-refractivity contribution < 1.29 is 14.3 Å². The first-order valence-corrected chi connectivity index (χ1v) is 6.70. The maximum absolute atomic E-state index is 12.0. The van der Waals surface area contributed by atoms with Gasteiger partial charge in [0, 0.05) is 0 Å². The Hall–Kier alpha value is -0.570. The summed E-state index contributed by atoms with van der Waals surface area (Å²) in [6.07, 6.45) is 9.19. The highest BCUT2D eigenvalue weighted by atomic mass is 16.6. The van der Waals surface area contributed by atoms with Crippen LogP contribution in [0.3, 0.4) is 0 Å². The number of hydrogen-bond donors (Lipinski definition) is 0. The second-order valence-electron chi connectivity index (χ2n) is 5.36. The Balaban J connectivity index is 1.78. The van der Waals surface area contributed by atoms with E-state index in [-0.39, 0.29) is 30.2 Å². The van der Waals surface area contributed by atoms with Crippen LogP contribution in [0.2, 0.25) is 0 Å². The molecule has 3 fully saturated rings. The van der Waals surface area contributed by atoms with Gasteiger partial charge >= 0.3 is 5.97 Å². The molecule has 4 unspecified atom stereocenters. The van der Waals surface area contributed by atoms with Gasteiger partial charge in [0.05, 0.1) is 18.1 Å². The number of ether oxygens (including phenoxy) is 2. The van der Waals surface area contributed by atoms with Crippen LogP contribution in [-0.2, 0) is 14.3 Å². The summed E-state index contributed by atoms with van der Waals surface area (Å²) in [5, 5.41) is 0. The maximum atomic E-state index is 12.0. The smallest absolute Gasteiger partial charge is 0.311 e. The highest BCUT2D eigenvalue weighted by molar-refractivity contribution is 5.73. The van der Waals surface area contributed by atoms with Crippen LogP contribution in [0.15, 0.2) is 0 Å². The Morgan fingerprint density at radius 3 is 2.25 bits per heavy atom. The van der Waals surface area contributed by atoms with Crippen molar-refractivity contribution in [1.29, 1.82) is 0 Å². The molecule has 2 aliphatic carbocycles. The topological polar surface area (TPSA) is 35.5 Å². The van der Waals surface area contributed by atoms with Gasteiger partial charge in [-0.3, -0.25) is 4.79 Å². The van der Waals surface area contributed by atoms with Gasteiger partial charge in [-0.15, -0.1) is 0 Å². The molecule has 0 aromatic rings. The van der Waals surface area contributed by atoms with E-state index in [4.69, 9.17) is 9.47 Å². The third-order valence-electron chi connectivity index (χ3n) is 4.26. The molecule has 1 heterocycles. The van der Waals surface area contributed by atoms with Gasteiger partial charge in [0.15, 0.2) is 0 Å². The van der Waals surface area contributed by atoms with E-state index in [1.165, 1.54) is 19.3 Å². The molecule has 0 bridgehead atoms. The average Bonchev–Trinajstić information content (AvgIpc) is 2.45. The molecular formula is C13H20O3. The summed E-state index contributed by atoms with van der Waals surface area (Å²) >= 11 is 0. The summed E-state index contributed by atoms with van der Waals surface area (Å²) in [5.74, 6) is 0.0402. The Labute approximate surface area is 96.5 Å². The van der Waals surface area contributed by atoms with Crippen molar-refractivity contribution >= 4 is 5.97 Å². The largest absolute Gasteiger partial charge is 0.459 e. The molecule has 3 aliphatic rings. The molecule has 90 valence electrons. The van der Waals surface area contributed by atoms with E-state index in [2.05, 4.69) is 0 Å². The lowest BCUT2D eigenvalue weighted by atomic mass is 9.86. The summed E-state index contributed by atoms with van der Waals surface area (Å²) in [6.45, 7) is 0. The van der Waals surface area contributed by atoms with Crippen LogP contribution in [0.1, 0.15) is 51.4 Å². The zero-order chi connectivity index (χ0) is 11.0. The van der Waals surface area contributed by atoms with Crippen molar-refractivity contribution in [3.05, 3.63) is 0 Å². The minimum Gasteiger partial charge on any atom is -0.459 e. The Morgan fingerprint density at radius 2 is 1.44 bits per heavy atom. The molecule has 3 rings (SSSR count). The third kappa shape index (κ3) is 1.86. The number of hydrogen-bond acceptors (Lipinski definition) is 3. The van der Waals surface area contributed by atoms with Gasteiger partial charge in [0.2, 0.25) is 0 Å². The van der Waals surface area contributed by atoms with Crippen LogP contribution >= 0.6 is 0 Å². The van der Waals surface area contributed by atoms with Crippen molar-refractivity contribution in [1.82, 2.24) is 0 Å². The predicted octanol–water partition coefficient (Wildman–Crippen LogP) is 2.43. The molecule has 0 amide bonds. The van der Waals surface area contributed by atoms with Gasteiger partial charge in [-0.05, 0) is 32.1 Å². The first kappa shape index (κ1) is 10.6. The summed E-state index contributed by atoms with van der Waals surface area (Å²) in [4.78, 5) is 12.0. The quantitative estimate of drug-likeness (QED) is 0.593. The van der Waals surface area contributed by atoms with E-state index in [9.17, 15) is 4.79 Å². The third-order valence-corrected chi connectivity index (χ3v) is 4.26. The fourth-order valence-electron chi connectivity index (χ4n) is 3.34. The van der Waals surface area contributed by atoms with Crippen LogP contribution in [0.4, 0.5) is 0 Å². The summed E-state index contributed by atoms with van der Waals surface area (Å²) < 4.78 is 11.8. The van der Waals surface area contributed by atoms with Crippen molar-refractivity contribution in [3.8, 4) is 0 Å². The molecule has 4 atom stereocenters. The molecule has 0 N–H and O–H groups in total. The fraction of sp³-hybridized carbons (Fsp3) is 0.923. The van der Waals surface area contributed by atoms with E-state index < -0.39 is 0 Å². The van der Waals surface area contributed by atoms with E-state index in [0.717, 1.165) is 32.1 Å². The normalized spacial score (nSPS) is 43.9. The number of carbonyl (C=O) groups excluding carboxylic acids is 1. The Bertz CT molecular complexity index is 276. The number of rotatable bonds is 0. The standard InChI is InChI=1S/C13H20O3/c14-13-9-5-1-2-6-10(9)15-11-7-3-4-8-12(11)16-13/h9-12H,1-8H2. The predicted molar refractivity (Wildman–Crippen MR) is 59.0 cm³/mol. The van der Waals surface area contributed by atoms with Gasteiger partial charge < -0.3 is 9.47 Å². The minimum absolute atomic E-state index is 0.0131. The first-order chi connectivity index (χ1) is 7.84. The molecular weight excluding hydrogens is 204 g/mol. The molecule has 3 nitrogen and oxygen atoms in total. The molecule has 16 heavy (non-hydrogen) atoms. The van der Waals surface area contributed by atoms with Gasteiger partial charge in [-0.2, -0.15) is 0 Å². The van der Waals surface area contributed by atoms with Crippen molar-refractivity contribution in [3.63, 3.8) is 0 Å². The van der Waals surface area contributed by atoms with E-state index in [0.29, 0.717) is 0 Å².